The maximum absolute atomic E-state index is 5.76. The van der Waals surface area contributed by atoms with E-state index in [2.05, 4.69) is 22.8 Å². The Hall–Kier alpha value is -0.380. The van der Waals surface area contributed by atoms with Crippen molar-refractivity contribution in [3.05, 3.63) is 22.4 Å². The van der Waals surface area contributed by atoms with Gasteiger partial charge in [-0.25, -0.2) is 0 Å². The van der Waals surface area contributed by atoms with E-state index >= 15 is 0 Å². The minimum absolute atomic E-state index is 0.632. The van der Waals surface area contributed by atoms with Gasteiger partial charge in [0.15, 0.2) is 0 Å². The summed E-state index contributed by atoms with van der Waals surface area (Å²) in [4.78, 5) is 1.51. The lowest BCUT2D eigenvalue weighted by molar-refractivity contribution is 0.336. The van der Waals surface area contributed by atoms with E-state index < -0.39 is 0 Å². The van der Waals surface area contributed by atoms with Crippen molar-refractivity contribution in [3.63, 3.8) is 0 Å². The van der Waals surface area contributed by atoms with Gasteiger partial charge in [0.1, 0.15) is 0 Å². The third-order valence-corrected chi connectivity index (χ3v) is 3.82. The quantitative estimate of drug-likeness (QED) is 0.750. The Morgan fingerprint density at radius 1 is 1.62 bits per heavy atom. The lowest BCUT2D eigenvalue weighted by Gasteiger charge is -2.30. The van der Waals surface area contributed by atoms with Gasteiger partial charge in [0.05, 0.1) is 0 Å². The Morgan fingerprint density at radius 3 is 3.23 bits per heavy atom. The van der Waals surface area contributed by atoms with E-state index in [1.54, 1.807) is 0 Å². The van der Waals surface area contributed by atoms with E-state index in [4.69, 9.17) is 5.73 Å². The van der Waals surface area contributed by atoms with Gasteiger partial charge < -0.3 is 11.1 Å². The average molecular weight is 196 g/mol. The predicted molar refractivity (Wildman–Crippen MR) is 57.1 cm³/mol. The molecule has 2 rings (SSSR count). The zero-order valence-corrected chi connectivity index (χ0v) is 8.52. The van der Waals surface area contributed by atoms with Gasteiger partial charge in [0.2, 0.25) is 0 Å². The molecule has 2 nitrogen and oxygen atoms in total. The van der Waals surface area contributed by atoms with Crippen molar-refractivity contribution in [1.82, 2.24) is 5.32 Å². The first kappa shape index (κ1) is 9.19. The predicted octanol–water partition coefficient (Wildman–Crippen LogP) is 1.40. The van der Waals surface area contributed by atoms with Crippen molar-refractivity contribution < 1.29 is 0 Å². The molecular formula is C10H16N2S. The summed E-state index contributed by atoms with van der Waals surface area (Å²) < 4.78 is 0. The minimum Gasteiger partial charge on any atom is -0.330 e. The van der Waals surface area contributed by atoms with Gasteiger partial charge in [0, 0.05) is 4.88 Å². The lowest BCUT2D eigenvalue weighted by atomic mass is 9.85. The van der Waals surface area contributed by atoms with E-state index in [1.165, 1.54) is 11.3 Å². The SMILES string of the molecule is NCC1CNCCC1c1cccs1. The van der Waals surface area contributed by atoms with Crippen molar-refractivity contribution in [1.29, 1.82) is 0 Å². The van der Waals surface area contributed by atoms with Gasteiger partial charge in [0.25, 0.3) is 0 Å². The first-order chi connectivity index (χ1) is 6.42. The summed E-state index contributed by atoms with van der Waals surface area (Å²) in [6, 6.07) is 4.37. The highest BCUT2D eigenvalue weighted by atomic mass is 32.1. The molecule has 0 aliphatic carbocycles. The van der Waals surface area contributed by atoms with Crippen molar-refractivity contribution in [3.8, 4) is 0 Å². The number of nitrogens with one attached hydrogen (secondary N) is 1. The van der Waals surface area contributed by atoms with Crippen LogP contribution in [-0.4, -0.2) is 19.6 Å². The third-order valence-electron chi connectivity index (χ3n) is 2.82. The van der Waals surface area contributed by atoms with E-state index in [0.29, 0.717) is 11.8 Å². The molecule has 0 aromatic carbocycles. The van der Waals surface area contributed by atoms with Crippen LogP contribution in [0.15, 0.2) is 17.5 Å². The second-order valence-corrected chi connectivity index (χ2v) is 4.59. The van der Waals surface area contributed by atoms with Gasteiger partial charge in [-0.05, 0) is 49.3 Å². The molecular weight excluding hydrogens is 180 g/mol. The van der Waals surface area contributed by atoms with Gasteiger partial charge in [-0.1, -0.05) is 6.07 Å². The number of hydrogen-bond acceptors (Lipinski definition) is 3. The first-order valence-electron chi connectivity index (χ1n) is 4.86. The number of hydrogen-bond donors (Lipinski definition) is 2. The Morgan fingerprint density at radius 2 is 2.54 bits per heavy atom. The van der Waals surface area contributed by atoms with Gasteiger partial charge in [-0.3, -0.25) is 0 Å². The van der Waals surface area contributed by atoms with Crippen LogP contribution in [0.3, 0.4) is 0 Å². The molecule has 0 radical (unpaired) electrons. The fourth-order valence-corrected chi connectivity index (χ4v) is 3.00. The van der Waals surface area contributed by atoms with E-state index in [9.17, 15) is 0 Å². The smallest absolute Gasteiger partial charge is 0.00804 e. The Labute approximate surface area is 83.1 Å². The Bertz CT molecular complexity index is 245. The van der Waals surface area contributed by atoms with Gasteiger partial charge in [-0.2, -0.15) is 0 Å². The zero-order valence-electron chi connectivity index (χ0n) is 7.70. The summed E-state index contributed by atoms with van der Waals surface area (Å²) in [5.74, 6) is 1.33. The fraction of sp³-hybridized carbons (Fsp3) is 0.600. The maximum Gasteiger partial charge on any atom is 0.00804 e. The summed E-state index contributed by atoms with van der Waals surface area (Å²) in [6.45, 7) is 3.02. The molecule has 13 heavy (non-hydrogen) atoms. The molecule has 2 unspecified atom stereocenters. The first-order valence-corrected chi connectivity index (χ1v) is 5.74. The monoisotopic (exact) mass is 196 g/mol. The molecule has 0 spiro atoms. The highest BCUT2D eigenvalue weighted by molar-refractivity contribution is 7.10. The average Bonchev–Trinajstić information content (AvgIpc) is 2.70. The molecule has 2 heterocycles. The van der Waals surface area contributed by atoms with Crippen LogP contribution in [0.5, 0.6) is 0 Å². The van der Waals surface area contributed by atoms with Crippen molar-refractivity contribution in [2.45, 2.75) is 12.3 Å². The van der Waals surface area contributed by atoms with Crippen molar-refractivity contribution in [2.75, 3.05) is 19.6 Å². The van der Waals surface area contributed by atoms with Crippen LogP contribution in [0.2, 0.25) is 0 Å². The highest BCUT2D eigenvalue weighted by Gasteiger charge is 2.25. The number of piperidine rings is 1. The van der Waals surface area contributed by atoms with E-state index in [-0.39, 0.29) is 0 Å². The van der Waals surface area contributed by atoms with E-state index in [1.807, 2.05) is 11.3 Å². The van der Waals surface area contributed by atoms with Crippen LogP contribution >= 0.6 is 11.3 Å². The van der Waals surface area contributed by atoms with Crippen LogP contribution in [0, 0.1) is 5.92 Å². The largest absolute Gasteiger partial charge is 0.330 e. The normalized spacial score (nSPS) is 29.0. The van der Waals surface area contributed by atoms with Crippen LogP contribution in [0.1, 0.15) is 17.2 Å². The van der Waals surface area contributed by atoms with Crippen LogP contribution in [-0.2, 0) is 0 Å². The van der Waals surface area contributed by atoms with Crippen molar-refractivity contribution >= 4 is 11.3 Å². The number of rotatable bonds is 2. The Kier molecular flexibility index (Phi) is 2.98. The lowest BCUT2D eigenvalue weighted by Crippen LogP contribution is -2.38. The number of nitrogens with two attached hydrogens (primary N) is 1. The molecule has 1 aliphatic rings. The summed E-state index contributed by atoms with van der Waals surface area (Å²) in [5.41, 5.74) is 5.76. The minimum atomic E-state index is 0.632. The maximum atomic E-state index is 5.76. The molecule has 72 valence electrons. The zero-order chi connectivity index (χ0) is 9.10. The molecule has 1 fully saturated rings. The molecule has 3 heteroatoms. The van der Waals surface area contributed by atoms with E-state index in [0.717, 1.165) is 19.6 Å². The molecule has 1 saturated heterocycles. The van der Waals surface area contributed by atoms with Crippen LogP contribution in [0.25, 0.3) is 0 Å². The third kappa shape index (κ3) is 1.93. The molecule has 1 aromatic heterocycles. The Balaban J connectivity index is 2.11. The van der Waals surface area contributed by atoms with Crippen LogP contribution in [0.4, 0.5) is 0 Å². The second-order valence-electron chi connectivity index (χ2n) is 3.61. The van der Waals surface area contributed by atoms with Gasteiger partial charge in [-0.15, -0.1) is 11.3 Å². The molecule has 1 aliphatic heterocycles. The summed E-state index contributed by atoms with van der Waals surface area (Å²) in [5, 5.41) is 5.56. The molecule has 3 N–H and O–H groups in total. The van der Waals surface area contributed by atoms with Crippen LogP contribution < -0.4 is 11.1 Å². The molecule has 0 saturated carbocycles. The molecule has 0 bridgehead atoms. The summed E-state index contributed by atoms with van der Waals surface area (Å²) in [6.07, 6.45) is 1.24. The molecule has 1 aromatic rings. The molecule has 2 atom stereocenters. The van der Waals surface area contributed by atoms with Gasteiger partial charge >= 0.3 is 0 Å². The fourth-order valence-electron chi connectivity index (χ4n) is 2.05. The van der Waals surface area contributed by atoms with Crippen molar-refractivity contribution in [2.24, 2.45) is 11.7 Å². The highest BCUT2D eigenvalue weighted by Crippen LogP contribution is 2.32. The number of thiophene rings is 1. The standard InChI is InChI=1S/C10H16N2S/c11-6-8-7-12-4-3-9(8)10-2-1-5-13-10/h1-2,5,8-9,12H,3-4,6-7,11H2. The summed E-state index contributed by atoms with van der Waals surface area (Å²) in [7, 11) is 0. The summed E-state index contributed by atoms with van der Waals surface area (Å²) >= 11 is 1.87. The topological polar surface area (TPSA) is 38.0 Å². The molecule has 0 amide bonds. The second kappa shape index (κ2) is 4.22.